The number of nitrogens with one attached hydrogen (secondary N) is 1. The molecule has 0 aromatic carbocycles. The van der Waals surface area contributed by atoms with Crippen molar-refractivity contribution in [3.8, 4) is 0 Å². The van der Waals surface area contributed by atoms with E-state index in [0.29, 0.717) is 13.0 Å². The van der Waals surface area contributed by atoms with Crippen molar-refractivity contribution in [1.29, 1.82) is 0 Å². The Labute approximate surface area is 123 Å². The van der Waals surface area contributed by atoms with Crippen molar-refractivity contribution in [3.63, 3.8) is 0 Å². The zero-order valence-electron chi connectivity index (χ0n) is 13.2. The Morgan fingerprint density at radius 2 is 1.35 bits per heavy atom. The molecule has 0 fully saturated rings. The van der Waals surface area contributed by atoms with Crippen LogP contribution in [0, 0.1) is 0 Å². The van der Waals surface area contributed by atoms with Gasteiger partial charge in [-0.3, -0.25) is 9.59 Å². The number of esters is 2. The molecule has 0 saturated heterocycles. The van der Waals surface area contributed by atoms with Crippen LogP contribution in [-0.4, -0.2) is 25.0 Å². The van der Waals surface area contributed by atoms with E-state index in [9.17, 15) is 9.59 Å². The van der Waals surface area contributed by atoms with Crippen LogP contribution >= 0.6 is 0 Å². The molecule has 0 aliphatic rings. The van der Waals surface area contributed by atoms with Gasteiger partial charge in [-0.05, 0) is 13.0 Å². The van der Waals surface area contributed by atoms with Crippen molar-refractivity contribution >= 4 is 11.9 Å². The molecule has 20 heavy (non-hydrogen) atoms. The van der Waals surface area contributed by atoms with Gasteiger partial charge in [0.25, 0.3) is 0 Å². The fraction of sp³-hybridized carbons (Fsp3) is 0.875. The molecule has 1 N–H and O–H groups in total. The quantitative estimate of drug-likeness (QED) is 0.319. The molecule has 0 bridgehead atoms. The third-order valence-corrected chi connectivity index (χ3v) is 3.23. The molecule has 0 rings (SSSR count). The predicted octanol–water partition coefficient (Wildman–Crippen LogP) is 3.59. The summed E-state index contributed by atoms with van der Waals surface area (Å²) < 4.78 is 4.68. The highest BCUT2D eigenvalue weighted by Gasteiger charge is 2.08. The first kappa shape index (κ1) is 19.1. The molecule has 0 saturated carbocycles. The highest BCUT2D eigenvalue weighted by molar-refractivity contribution is 5.86. The van der Waals surface area contributed by atoms with Crippen LogP contribution in [0.2, 0.25) is 0 Å². The number of hydrogen-bond donors (Lipinski definition) is 1. The number of carbonyl (C=O) groups excluding carboxylic acids is 2. The summed E-state index contributed by atoms with van der Waals surface area (Å²) in [4.78, 5) is 22.5. The minimum Gasteiger partial charge on any atom is -0.392 e. The lowest BCUT2D eigenvalue weighted by molar-refractivity contribution is -0.159. The molecule has 0 radical (unpaired) electrons. The predicted molar refractivity (Wildman–Crippen MR) is 81.5 cm³/mol. The summed E-state index contributed by atoms with van der Waals surface area (Å²) in [6.45, 7) is 4.93. The van der Waals surface area contributed by atoms with E-state index in [1.807, 2.05) is 6.92 Å². The third kappa shape index (κ3) is 13.5. The molecular weight excluding hydrogens is 254 g/mol. The van der Waals surface area contributed by atoms with E-state index in [4.69, 9.17) is 0 Å². The second-order valence-corrected chi connectivity index (χ2v) is 5.20. The van der Waals surface area contributed by atoms with E-state index in [0.717, 1.165) is 12.8 Å². The number of hydrogen-bond acceptors (Lipinski definition) is 4. The van der Waals surface area contributed by atoms with E-state index in [1.165, 1.54) is 44.9 Å². The molecular formula is C16H31NO3. The molecule has 0 heterocycles. The topological polar surface area (TPSA) is 55.4 Å². The lowest BCUT2D eigenvalue weighted by Crippen LogP contribution is -2.26. The summed E-state index contributed by atoms with van der Waals surface area (Å²) in [6, 6.07) is 0. The Hall–Kier alpha value is -0.900. The van der Waals surface area contributed by atoms with Gasteiger partial charge in [0, 0.05) is 6.42 Å². The van der Waals surface area contributed by atoms with Gasteiger partial charge in [-0.2, -0.15) is 0 Å². The van der Waals surface area contributed by atoms with Crippen molar-refractivity contribution < 1.29 is 14.3 Å². The fourth-order valence-electron chi connectivity index (χ4n) is 2.02. The van der Waals surface area contributed by atoms with E-state index < -0.39 is 11.9 Å². The molecule has 0 aliphatic carbocycles. The number of likely N-dealkylation sites (N-methyl/N-ethyl adjacent to an activating group) is 1. The molecule has 0 aliphatic heterocycles. The average molecular weight is 285 g/mol. The Morgan fingerprint density at radius 3 is 1.90 bits per heavy atom. The fourth-order valence-corrected chi connectivity index (χ4v) is 2.02. The molecule has 0 unspecified atom stereocenters. The maximum atomic E-state index is 11.4. The zero-order chi connectivity index (χ0) is 15.1. The molecule has 0 aromatic heterocycles. The molecule has 0 aromatic rings. The first-order valence-electron chi connectivity index (χ1n) is 8.14. The van der Waals surface area contributed by atoms with Gasteiger partial charge in [0.05, 0.1) is 6.54 Å². The highest BCUT2D eigenvalue weighted by Crippen LogP contribution is 2.10. The number of rotatable bonds is 13. The highest BCUT2D eigenvalue weighted by atomic mass is 16.6. The second-order valence-electron chi connectivity index (χ2n) is 5.20. The third-order valence-electron chi connectivity index (χ3n) is 3.23. The average Bonchev–Trinajstić information content (AvgIpc) is 2.43. The van der Waals surface area contributed by atoms with Gasteiger partial charge in [0.2, 0.25) is 0 Å². The number of unbranched alkanes of at least 4 members (excludes halogenated alkanes) is 8. The number of carbonyl (C=O) groups is 2. The van der Waals surface area contributed by atoms with Gasteiger partial charge >= 0.3 is 11.9 Å². The molecule has 0 spiro atoms. The summed E-state index contributed by atoms with van der Waals surface area (Å²) in [5.41, 5.74) is 0. The van der Waals surface area contributed by atoms with Gasteiger partial charge in [-0.25, -0.2) is 0 Å². The van der Waals surface area contributed by atoms with Crippen LogP contribution in [0.5, 0.6) is 0 Å². The van der Waals surface area contributed by atoms with Crippen molar-refractivity contribution in [1.82, 2.24) is 5.32 Å². The van der Waals surface area contributed by atoms with Gasteiger partial charge in [0.15, 0.2) is 0 Å². The number of ether oxygens (including phenoxy) is 1. The SMILES string of the molecule is CCCCCCCCCCCC(=O)OC(=O)CNCC. The van der Waals surface area contributed by atoms with Crippen LogP contribution in [0.25, 0.3) is 0 Å². The summed E-state index contributed by atoms with van der Waals surface area (Å²) in [6.07, 6.45) is 11.2. The Bertz CT molecular complexity index is 254. The minimum atomic E-state index is -0.479. The smallest absolute Gasteiger partial charge is 0.327 e. The Kier molecular flexibility index (Phi) is 13.9. The van der Waals surface area contributed by atoms with Crippen LogP contribution in [0.3, 0.4) is 0 Å². The van der Waals surface area contributed by atoms with Crippen LogP contribution in [0.1, 0.15) is 78.1 Å². The summed E-state index contributed by atoms with van der Waals surface area (Å²) in [7, 11) is 0. The van der Waals surface area contributed by atoms with Crippen LogP contribution < -0.4 is 5.32 Å². The van der Waals surface area contributed by atoms with E-state index in [2.05, 4.69) is 17.0 Å². The molecule has 4 nitrogen and oxygen atoms in total. The van der Waals surface area contributed by atoms with Gasteiger partial charge in [0.1, 0.15) is 0 Å². The lowest BCUT2D eigenvalue weighted by Gasteiger charge is -2.04. The Balaban J connectivity index is 3.29. The van der Waals surface area contributed by atoms with Crippen LogP contribution in [0.4, 0.5) is 0 Å². The maximum Gasteiger partial charge on any atom is 0.327 e. The maximum absolute atomic E-state index is 11.4. The molecule has 0 atom stereocenters. The van der Waals surface area contributed by atoms with Crippen LogP contribution in [0.15, 0.2) is 0 Å². The van der Waals surface area contributed by atoms with Gasteiger partial charge in [-0.15, -0.1) is 0 Å². The van der Waals surface area contributed by atoms with Crippen molar-refractivity contribution in [2.75, 3.05) is 13.1 Å². The van der Waals surface area contributed by atoms with Crippen molar-refractivity contribution in [2.45, 2.75) is 78.1 Å². The summed E-state index contributed by atoms with van der Waals surface area (Å²) >= 11 is 0. The van der Waals surface area contributed by atoms with E-state index in [-0.39, 0.29) is 6.54 Å². The Morgan fingerprint density at radius 1 is 0.800 bits per heavy atom. The van der Waals surface area contributed by atoms with Gasteiger partial charge in [-0.1, -0.05) is 65.2 Å². The van der Waals surface area contributed by atoms with Crippen LogP contribution in [-0.2, 0) is 14.3 Å². The van der Waals surface area contributed by atoms with E-state index in [1.54, 1.807) is 0 Å². The summed E-state index contributed by atoms with van der Waals surface area (Å²) in [5.74, 6) is -0.872. The first-order chi connectivity index (χ1) is 9.70. The van der Waals surface area contributed by atoms with Crippen molar-refractivity contribution in [3.05, 3.63) is 0 Å². The largest absolute Gasteiger partial charge is 0.392 e. The minimum absolute atomic E-state index is 0.111. The monoisotopic (exact) mass is 285 g/mol. The molecule has 118 valence electrons. The van der Waals surface area contributed by atoms with E-state index >= 15 is 0 Å². The standard InChI is InChI=1S/C16H31NO3/c1-3-5-6-7-8-9-10-11-12-13-15(18)20-16(19)14-17-4-2/h17H,3-14H2,1-2H3. The molecule has 4 heteroatoms. The normalized spacial score (nSPS) is 10.5. The second kappa shape index (κ2) is 14.5. The summed E-state index contributed by atoms with van der Waals surface area (Å²) in [5, 5.41) is 2.83. The molecule has 0 amide bonds. The zero-order valence-corrected chi connectivity index (χ0v) is 13.2. The van der Waals surface area contributed by atoms with Crippen molar-refractivity contribution in [2.24, 2.45) is 0 Å². The first-order valence-corrected chi connectivity index (χ1v) is 8.14. The van der Waals surface area contributed by atoms with Gasteiger partial charge < -0.3 is 10.1 Å². The lowest BCUT2D eigenvalue weighted by atomic mass is 10.1.